The minimum absolute atomic E-state index is 0.633. The number of H-pyrrole nitrogens is 1. The lowest BCUT2D eigenvalue weighted by atomic mass is 10.0. The molecule has 0 aliphatic heterocycles. The molecule has 118 valence electrons. The van der Waals surface area contributed by atoms with Gasteiger partial charge in [0.2, 0.25) is 5.71 Å². The first-order valence-electron chi connectivity index (χ1n) is 8.16. The highest BCUT2D eigenvalue weighted by Gasteiger charge is 2.16. The highest BCUT2D eigenvalue weighted by molar-refractivity contribution is 6.12. The van der Waals surface area contributed by atoms with E-state index in [4.69, 9.17) is 8.83 Å². The van der Waals surface area contributed by atoms with Gasteiger partial charge < -0.3 is 8.83 Å². The summed E-state index contributed by atoms with van der Waals surface area (Å²) in [6.07, 6.45) is 0. The van der Waals surface area contributed by atoms with Gasteiger partial charge in [-0.15, -0.1) is 5.10 Å². The molecule has 6 aromatic rings. The maximum absolute atomic E-state index is 5.92. The van der Waals surface area contributed by atoms with Gasteiger partial charge >= 0.3 is 0 Å². The summed E-state index contributed by atoms with van der Waals surface area (Å²) < 4.78 is 11.8. The molecule has 1 N–H and O–H groups in total. The van der Waals surface area contributed by atoms with E-state index in [1.54, 1.807) is 0 Å². The Kier molecular flexibility index (Phi) is 2.32. The number of aromatic amines is 1. The van der Waals surface area contributed by atoms with Crippen molar-refractivity contribution < 1.29 is 8.83 Å². The minimum atomic E-state index is 0.633. The third-order valence-electron chi connectivity index (χ3n) is 4.76. The first kappa shape index (κ1) is 12.8. The molecule has 0 saturated carbocycles. The van der Waals surface area contributed by atoms with Gasteiger partial charge in [0, 0.05) is 21.7 Å². The molecule has 0 saturated heterocycles. The molecule has 3 aromatic carbocycles. The lowest BCUT2D eigenvalue weighted by Crippen LogP contribution is -1.79. The Morgan fingerprint density at radius 1 is 0.680 bits per heavy atom. The number of aromatic nitrogens is 2. The van der Waals surface area contributed by atoms with Crippen LogP contribution in [0.25, 0.3) is 55.3 Å². The molecule has 0 unspecified atom stereocenters. The van der Waals surface area contributed by atoms with E-state index in [0.29, 0.717) is 5.71 Å². The van der Waals surface area contributed by atoms with E-state index in [1.807, 2.05) is 42.5 Å². The van der Waals surface area contributed by atoms with Gasteiger partial charge in [0.25, 0.3) is 0 Å². The van der Waals surface area contributed by atoms with Crippen LogP contribution < -0.4 is 0 Å². The maximum atomic E-state index is 5.92. The third kappa shape index (κ3) is 1.68. The van der Waals surface area contributed by atoms with Gasteiger partial charge in [-0.2, -0.15) is 0 Å². The van der Waals surface area contributed by atoms with Crippen LogP contribution in [0, 0.1) is 0 Å². The molecule has 0 spiro atoms. The second kappa shape index (κ2) is 4.51. The number of furan rings is 2. The Bertz CT molecular complexity index is 1400. The van der Waals surface area contributed by atoms with Gasteiger partial charge in [0.1, 0.15) is 16.7 Å². The van der Waals surface area contributed by atoms with Crippen molar-refractivity contribution in [2.24, 2.45) is 0 Å². The Morgan fingerprint density at radius 2 is 1.40 bits per heavy atom. The second-order valence-electron chi connectivity index (χ2n) is 6.19. The molecule has 25 heavy (non-hydrogen) atoms. The minimum Gasteiger partial charge on any atom is -0.456 e. The summed E-state index contributed by atoms with van der Waals surface area (Å²) >= 11 is 0. The fraction of sp³-hybridized carbons (Fsp3) is 0. The molecule has 0 fully saturated rings. The summed E-state index contributed by atoms with van der Waals surface area (Å²) in [5.41, 5.74) is 5.30. The lowest BCUT2D eigenvalue weighted by Gasteiger charge is -1.99. The zero-order valence-corrected chi connectivity index (χ0v) is 13.1. The zero-order chi connectivity index (χ0) is 16.4. The first-order chi connectivity index (χ1) is 12.4. The van der Waals surface area contributed by atoms with Crippen LogP contribution in [0.15, 0.2) is 75.6 Å². The van der Waals surface area contributed by atoms with Gasteiger partial charge in [0.05, 0.1) is 11.1 Å². The second-order valence-corrected chi connectivity index (χ2v) is 6.19. The largest absolute Gasteiger partial charge is 0.456 e. The van der Waals surface area contributed by atoms with Crippen molar-refractivity contribution >= 4 is 44.0 Å². The molecule has 4 heteroatoms. The molecular formula is C21H12N2O2. The fourth-order valence-corrected chi connectivity index (χ4v) is 3.61. The molecule has 0 aliphatic rings. The average Bonchev–Trinajstić information content (AvgIpc) is 3.32. The van der Waals surface area contributed by atoms with Gasteiger partial charge in [-0.1, -0.05) is 36.4 Å². The standard InChI is InChI=1S/C21H12N2O2/c1-3-7-16-13(5-1)15-11-12(9-10-18(15)24-16)20-19-14-6-2-4-8-17(14)25-21(19)23-22-20/h1-11H,(H,22,23). The smallest absolute Gasteiger partial charge is 0.246 e. The number of nitrogens with one attached hydrogen (secondary N) is 1. The van der Waals surface area contributed by atoms with Crippen LogP contribution in [0.3, 0.4) is 0 Å². The fourth-order valence-electron chi connectivity index (χ4n) is 3.61. The summed E-state index contributed by atoms with van der Waals surface area (Å²) in [5.74, 6) is 0. The van der Waals surface area contributed by atoms with Gasteiger partial charge in [-0.05, 0) is 30.3 Å². The first-order valence-corrected chi connectivity index (χ1v) is 8.16. The van der Waals surface area contributed by atoms with E-state index in [-0.39, 0.29) is 0 Å². The Labute approximate surface area is 141 Å². The topological polar surface area (TPSA) is 55.0 Å². The van der Waals surface area contributed by atoms with Crippen molar-refractivity contribution in [3.63, 3.8) is 0 Å². The molecule has 3 aromatic heterocycles. The summed E-state index contributed by atoms with van der Waals surface area (Å²) in [5, 5.41) is 11.8. The summed E-state index contributed by atoms with van der Waals surface area (Å²) in [4.78, 5) is 0. The predicted molar refractivity (Wildman–Crippen MR) is 98.6 cm³/mol. The van der Waals surface area contributed by atoms with Crippen molar-refractivity contribution in [2.75, 3.05) is 0 Å². The number of para-hydroxylation sites is 2. The molecule has 0 radical (unpaired) electrons. The van der Waals surface area contributed by atoms with E-state index >= 15 is 0 Å². The third-order valence-corrected chi connectivity index (χ3v) is 4.76. The van der Waals surface area contributed by atoms with E-state index in [2.05, 4.69) is 34.5 Å². The highest BCUT2D eigenvalue weighted by atomic mass is 16.3. The van der Waals surface area contributed by atoms with E-state index < -0.39 is 0 Å². The molecule has 0 bridgehead atoms. The summed E-state index contributed by atoms with van der Waals surface area (Å²) in [6, 6.07) is 22.3. The predicted octanol–water partition coefficient (Wildman–Crippen LogP) is 5.88. The zero-order valence-electron chi connectivity index (χ0n) is 13.1. The van der Waals surface area contributed by atoms with Crippen LogP contribution in [-0.2, 0) is 0 Å². The Hall–Kier alpha value is -3.53. The van der Waals surface area contributed by atoms with Crippen LogP contribution in [-0.4, -0.2) is 10.2 Å². The van der Waals surface area contributed by atoms with Crippen LogP contribution in [0.1, 0.15) is 0 Å². The molecule has 0 atom stereocenters. The quantitative estimate of drug-likeness (QED) is 0.411. The van der Waals surface area contributed by atoms with Crippen molar-refractivity contribution in [1.82, 2.24) is 10.2 Å². The van der Waals surface area contributed by atoms with Gasteiger partial charge in [0.15, 0.2) is 0 Å². The van der Waals surface area contributed by atoms with Crippen LogP contribution >= 0.6 is 0 Å². The Balaban J connectivity index is 1.69. The molecule has 3 heterocycles. The van der Waals surface area contributed by atoms with Crippen molar-refractivity contribution in [2.45, 2.75) is 0 Å². The number of fused-ring (bicyclic) bond motifs is 6. The number of rotatable bonds is 1. The molecular weight excluding hydrogens is 312 g/mol. The van der Waals surface area contributed by atoms with Crippen LogP contribution in [0.4, 0.5) is 0 Å². The highest BCUT2D eigenvalue weighted by Crippen LogP contribution is 2.37. The van der Waals surface area contributed by atoms with Crippen molar-refractivity contribution in [3.8, 4) is 11.3 Å². The average molecular weight is 324 g/mol. The summed E-state index contributed by atoms with van der Waals surface area (Å²) in [6.45, 7) is 0. The SMILES string of the molecule is c1ccc2c(c1)oc1ccc(-c3[nH]nc4oc5ccccc5c34)cc12. The van der Waals surface area contributed by atoms with Gasteiger partial charge in [-0.3, -0.25) is 5.10 Å². The monoisotopic (exact) mass is 324 g/mol. The maximum Gasteiger partial charge on any atom is 0.246 e. The number of hydrogen-bond donors (Lipinski definition) is 1. The molecule has 4 nitrogen and oxygen atoms in total. The van der Waals surface area contributed by atoms with E-state index in [9.17, 15) is 0 Å². The molecule has 6 rings (SSSR count). The number of hydrogen-bond acceptors (Lipinski definition) is 3. The van der Waals surface area contributed by atoms with E-state index in [0.717, 1.165) is 49.6 Å². The normalized spacial score (nSPS) is 12.0. The van der Waals surface area contributed by atoms with Crippen molar-refractivity contribution in [3.05, 3.63) is 66.7 Å². The molecule has 0 aliphatic carbocycles. The van der Waals surface area contributed by atoms with Gasteiger partial charge in [-0.25, -0.2) is 0 Å². The molecule has 0 amide bonds. The number of nitrogens with zero attached hydrogens (tertiary/aromatic N) is 1. The van der Waals surface area contributed by atoms with E-state index in [1.165, 1.54) is 0 Å². The lowest BCUT2D eigenvalue weighted by molar-refractivity contribution is 0.650. The van der Waals surface area contributed by atoms with Crippen molar-refractivity contribution in [1.29, 1.82) is 0 Å². The summed E-state index contributed by atoms with van der Waals surface area (Å²) in [7, 11) is 0. The van der Waals surface area contributed by atoms with Crippen LogP contribution in [0.2, 0.25) is 0 Å². The number of benzene rings is 3. The Morgan fingerprint density at radius 3 is 2.28 bits per heavy atom. The van der Waals surface area contributed by atoms with Crippen LogP contribution in [0.5, 0.6) is 0 Å².